The Kier molecular flexibility index (Phi) is 7.16. The SMILES string of the molecule is O[C@@H](COCc1ccccc1)CN(Cc1ccco1)Cc1ccccc1F. The van der Waals surface area contributed by atoms with Crippen molar-refractivity contribution in [3.63, 3.8) is 0 Å². The largest absolute Gasteiger partial charge is 0.468 e. The summed E-state index contributed by atoms with van der Waals surface area (Å²) in [5, 5.41) is 10.4. The Labute approximate surface area is 158 Å². The van der Waals surface area contributed by atoms with Gasteiger partial charge in [-0.2, -0.15) is 0 Å². The number of hydrogen-bond acceptors (Lipinski definition) is 4. The Morgan fingerprint density at radius 2 is 1.74 bits per heavy atom. The zero-order valence-corrected chi connectivity index (χ0v) is 15.1. The van der Waals surface area contributed by atoms with Gasteiger partial charge < -0.3 is 14.3 Å². The van der Waals surface area contributed by atoms with Gasteiger partial charge in [0.1, 0.15) is 11.6 Å². The van der Waals surface area contributed by atoms with Gasteiger partial charge in [0.2, 0.25) is 0 Å². The van der Waals surface area contributed by atoms with Gasteiger partial charge in [-0.25, -0.2) is 4.39 Å². The molecule has 0 aliphatic rings. The van der Waals surface area contributed by atoms with Gasteiger partial charge in [0, 0.05) is 18.7 Å². The van der Waals surface area contributed by atoms with Crippen molar-refractivity contribution >= 4 is 0 Å². The highest BCUT2D eigenvalue weighted by Crippen LogP contribution is 2.14. The zero-order chi connectivity index (χ0) is 18.9. The van der Waals surface area contributed by atoms with Crippen LogP contribution in [0.5, 0.6) is 0 Å². The van der Waals surface area contributed by atoms with E-state index in [1.807, 2.05) is 53.4 Å². The molecule has 5 heteroatoms. The first kappa shape index (κ1) is 19.3. The molecule has 142 valence electrons. The van der Waals surface area contributed by atoms with Crippen LogP contribution < -0.4 is 0 Å². The van der Waals surface area contributed by atoms with Crippen LogP contribution in [0.2, 0.25) is 0 Å². The van der Waals surface area contributed by atoms with E-state index < -0.39 is 6.10 Å². The van der Waals surface area contributed by atoms with Crippen molar-refractivity contribution in [3.05, 3.63) is 95.7 Å². The molecule has 0 bridgehead atoms. The molecule has 3 rings (SSSR count). The third-order valence-corrected chi connectivity index (χ3v) is 4.20. The highest BCUT2D eigenvalue weighted by Gasteiger charge is 2.16. The number of aliphatic hydroxyl groups is 1. The quantitative estimate of drug-likeness (QED) is 0.587. The Bertz CT molecular complexity index is 792. The van der Waals surface area contributed by atoms with Crippen LogP contribution in [0.25, 0.3) is 0 Å². The second kappa shape index (κ2) is 10.0. The van der Waals surface area contributed by atoms with Gasteiger partial charge in [0.25, 0.3) is 0 Å². The monoisotopic (exact) mass is 369 g/mol. The van der Waals surface area contributed by atoms with Crippen molar-refractivity contribution < 1.29 is 18.7 Å². The maximum absolute atomic E-state index is 14.0. The Morgan fingerprint density at radius 1 is 0.963 bits per heavy atom. The third kappa shape index (κ3) is 6.32. The molecule has 3 aromatic rings. The number of halogens is 1. The molecule has 0 radical (unpaired) electrons. The van der Waals surface area contributed by atoms with E-state index in [4.69, 9.17) is 9.15 Å². The Hall–Kier alpha value is -2.47. The first-order chi connectivity index (χ1) is 13.2. The molecular formula is C22H24FNO3. The number of ether oxygens (including phenoxy) is 1. The average molecular weight is 369 g/mol. The Morgan fingerprint density at radius 3 is 2.48 bits per heavy atom. The van der Waals surface area contributed by atoms with Crippen LogP contribution in [-0.4, -0.2) is 29.3 Å². The number of furan rings is 1. The summed E-state index contributed by atoms with van der Waals surface area (Å²) in [6.45, 7) is 1.87. The molecule has 1 N–H and O–H groups in total. The second-order valence-corrected chi connectivity index (χ2v) is 6.49. The summed E-state index contributed by atoms with van der Waals surface area (Å²) in [4.78, 5) is 1.95. The van der Waals surface area contributed by atoms with Crippen LogP contribution in [0.1, 0.15) is 16.9 Å². The number of nitrogens with zero attached hydrogens (tertiary/aromatic N) is 1. The molecule has 0 saturated heterocycles. The molecule has 0 unspecified atom stereocenters. The fourth-order valence-electron chi connectivity index (χ4n) is 2.91. The molecule has 1 atom stereocenters. The number of benzene rings is 2. The highest BCUT2D eigenvalue weighted by atomic mass is 19.1. The van der Waals surface area contributed by atoms with Gasteiger partial charge in [-0.3, -0.25) is 4.90 Å². The predicted molar refractivity (Wildman–Crippen MR) is 101 cm³/mol. The molecule has 0 fully saturated rings. The summed E-state index contributed by atoms with van der Waals surface area (Å²) >= 11 is 0. The van der Waals surface area contributed by atoms with E-state index >= 15 is 0 Å². The van der Waals surface area contributed by atoms with Crippen molar-refractivity contribution in [3.8, 4) is 0 Å². The van der Waals surface area contributed by atoms with Crippen molar-refractivity contribution in [2.75, 3.05) is 13.2 Å². The van der Waals surface area contributed by atoms with Gasteiger partial charge in [0.05, 0.1) is 32.1 Å². The van der Waals surface area contributed by atoms with Crippen molar-refractivity contribution in [1.82, 2.24) is 4.90 Å². The average Bonchev–Trinajstić information content (AvgIpc) is 3.17. The van der Waals surface area contributed by atoms with Crippen molar-refractivity contribution in [2.45, 2.75) is 25.8 Å². The maximum Gasteiger partial charge on any atom is 0.127 e. The molecule has 0 aliphatic heterocycles. The lowest BCUT2D eigenvalue weighted by Gasteiger charge is -2.24. The minimum atomic E-state index is -0.685. The van der Waals surface area contributed by atoms with Crippen LogP contribution in [0.15, 0.2) is 77.4 Å². The third-order valence-electron chi connectivity index (χ3n) is 4.20. The number of aliphatic hydroxyl groups excluding tert-OH is 1. The smallest absolute Gasteiger partial charge is 0.127 e. The first-order valence-corrected chi connectivity index (χ1v) is 8.98. The standard InChI is InChI=1S/C22H24FNO3/c23-22-11-5-4-9-19(22)13-24(15-21-10-6-12-27-21)14-20(25)17-26-16-18-7-2-1-3-8-18/h1-12,20,25H,13-17H2/t20-/m1/s1. The van der Waals surface area contributed by atoms with Crippen LogP contribution >= 0.6 is 0 Å². The van der Waals surface area contributed by atoms with E-state index in [0.29, 0.717) is 31.8 Å². The lowest BCUT2D eigenvalue weighted by atomic mass is 10.2. The van der Waals surface area contributed by atoms with E-state index in [2.05, 4.69) is 0 Å². The molecule has 1 heterocycles. The second-order valence-electron chi connectivity index (χ2n) is 6.49. The normalized spacial score (nSPS) is 12.4. The molecule has 1 aromatic heterocycles. The topological polar surface area (TPSA) is 45.8 Å². The number of rotatable bonds is 10. The molecule has 4 nitrogen and oxygen atoms in total. The molecule has 27 heavy (non-hydrogen) atoms. The minimum Gasteiger partial charge on any atom is -0.468 e. The molecule has 0 amide bonds. The summed E-state index contributed by atoms with van der Waals surface area (Å²) in [5.41, 5.74) is 1.64. The summed E-state index contributed by atoms with van der Waals surface area (Å²) < 4.78 is 25.0. The summed E-state index contributed by atoms with van der Waals surface area (Å²) in [6.07, 6.45) is 0.922. The molecular weight excluding hydrogens is 345 g/mol. The van der Waals surface area contributed by atoms with Crippen LogP contribution in [0.4, 0.5) is 4.39 Å². The van der Waals surface area contributed by atoms with Crippen molar-refractivity contribution in [1.29, 1.82) is 0 Å². The molecule has 2 aromatic carbocycles. The summed E-state index contributed by atoms with van der Waals surface area (Å²) in [6, 6.07) is 20.2. The summed E-state index contributed by atoms with van der Waals surface area (Å²) in [7, 11) is 0. The van der Waals surface area contributed by atoms with E-state index in [-0.39, 0.29) is 12.4 Å². The van der Waals surface area contributed by atoms with Crippen LogP contribution in [0, 0.1) is 5.82 Å². The van der Waals surface area contributed by atoms with Gasteiger partial charge in [-0.15, -0.1) is 0 Å². The van der Waals surface area contributed by atoms with E-state index in [1.165, 1.54) is 6.07 Å². The Balaban J connectivity index is 1.55. The minimum absolute atomic E-state index is 0.209. The molecule has 0 saturated carbocycles. The fourth-order valence-corrected chi connectivity index (χ4v) is 2.91. The van der Waals surface area contributed by atoms with Crippen LogP contribution in [-0.2, 0) is 24.4 Å². The highest BCUT2D eigenvalue weighted by molar-refractivity contribution is 5.17. The number of hydrogen-bond donors (Lipinski definition) is 1. The summed E-state index contributed by atoms with van der Waals surface area (Å²) in [5.74, 6) is 0.514. The fraction of sp³-hybridized carbons (Fsp3) is 0.273. The lowest BCUT2D eigenvalue weighted by Crippen LogP contribution is -2.34. The first-order valence-electron chi connectivity index (χ1n) is 8.98. The van der Waals surface area contributed by atoms with E-state index in [1.54, 1.807) is 18.4 Å². The molecule has 0 aliphatic carbocycles. The van der Waals surface area contributed by atoms with E-state index in [9.17, 15) is 9.50 Å². The van der Waals surface area contributed by atoms with Gasteiger partial charge in [-0.05, 0) is 23.8 Å². The van der Waals surface area contributed by atoms with Crippen LogP contribution in [0.3, 0.4) is 0 Å². The van der Waals surface area contributed by atoms with Crippen molar-refractivity contribution in [2.24, 2.45) is 0 Å². The van der Waals surface area contributed by atoms with Gasteiger partial charge in [-0.1, -0.05) is 48.5 Å². The zero-order valence-electron chi connectivity index (χ0n) is 15.1. The molecule has 0 spiro atoms. The van der Waals surface area contributed by atoms with Gasteiger partial charge in [0.15, 0.2) is 0 Å². The van der Waals surface area contributed by atoms with E-state index in [0.717, 1.165) is 11.3 Å². The maximum atomic E-state index is 14.0. The lowest BCUT2D eigenvalue weighted by molar-refractivity contribution is 0.00597. The predicted octanol–water partition coefficient (Wildman–Crippen LogP) is 4.00. The van der Waals surface area contributed by atoms with Gasteiger partial charge >= 0.3 is 0 Å².